The summed E-state index contributed by atoms with van der Waals surface area (Å²) in [6, 6.07) is 7.70. The van der Waals surface area contributed by atoms with Crippen LogP contribution in [0.2, 0.25) is 0 Å². The fraction of sp³-hybridized carbons (Fsp3) is 0.462. The van der Waals surface area contributed by atoms with Crippen molar-refractivity contribution in [3.05, 3.63) is 33.4 Å². The van der Waals surface area contributed by atoms with Gasteiger partial charge in [-0.1, -0.05) is 12.1 Å². The molecular weight excluding hydrogens is 327 g/mol. The Kier molecular flexibility index (Phi) is 5.91. The highest BCUT2D eigenvalue weighted by molar-refractivity contribution is 14.1. The summed E-state index contributed by atoms with van der Waals surface area (Å²) in [4.78, 5) is 16.1. The van der Waals surface area contributed by atoms with Gasteiger partial charge in [-0.3, -0.25) is 4.79 Å². The van der Waals surface area contributed by atoms with E-state index in [2.05, 4.69) is 27.5 Å². The van der Waals surface area contributed by atoms with Gasteiger partial charge in [-0.2, -0.15) is 0 Å². The number of rotatable bonds is 5. The lowest BCUT2D eigenvalue weighted by atomic mass is 10.2. The minimum Gasteiger partial charge on any atom is -0.342 e. The lowest BCUT2D eigenvalue weighted by molar-refractivity contribution is 0.0789. The Bertz CT molecular complexity index is 379. The number of amides is 1. The van der Waals surface area contributed by atoms with Crippen molar-refractivity contribution in [3.63, 3.8) is 0 Å². The molecule has 0 unspecified atom stereocenters. The number of nitrogens with zero attached hydrogens (tertiary/aromatic N) is 2. The Labute approximate surface area is 117 Å². The Balaban J connectivity index is 2.55. The molecule has 0 bridgehead atoms. The number of halogens is 1. The fourth-order valence-electron chi connectivity index (χ4n) is 1.57. The van der Waals surface area contributed by atoms with E-state index >= 15 is 0 Å². The largest absolute Gasteiger partial charge is 0.342 e. The molecule has 0 aromatic heterocycles. The van der Waals surface area contributed by atoms with Gasteiger partial charge in [0.15, 0.2) is 0 Å². The van der Waals surface area contributed by atoms with Gasteiger partial charge in [0.2, 0.25) is 0 Å². The highest BCUT2D eigenvalue weighted by atomic mass is 127. The molecule has 0 aliphatic heterocycles. The third-order valence-electron chi connectivity index (χ3n) is 2.55. The SMILES string of the molecule is CN(C)CCCN(C)C(=O)c1ccccc1I. The van der Waals surface area contributed by atoms with Gasteiger partial charge in [-0.25, -0.2) is 0 Å². The predicted molar refractivity (Wildman–Crippen MR) is 79.3 cm³/mol. The lowest BCUT2D eigenvalue weighted by Crippen LogP contribution is -2.30. The molecule has 4 heteroatoms. The molecule has 0 N–H and O–H groups in total. The summed E-state index contributed by atoms with van der Waals surface area (Å²) in [6.07, 6.45) is 0.999. The first-order valence-electron chi connectivity index (χ1n) is 5.67. The van der Waals surface area contributed by atoms with Crippen molar-refractivity contribution in [2.75, 3.05) is 34.2 Å². The van der Waals surface area contributed by atoms with Crippen LogP contribution in [0.25, 0.3) is 0 Å². The maximum Gasteiger partial charge on any atom is 0.254 e. The smallest absolute Gasteiger partial charge is 0.254 e. The number of hydrogen-bond acceptors (Lipinski definition) is 2. The van der Waals surface area contributed by atoms with Crippen LogP contribution in [-0.2, 0) is 0 Å². The monoisotopic (exact) mass is 346 g/mol. The molecule has 0 spiro atoms. The first-order valence-corrected chi connectivity index (χ1v) is 6.75. The molecule has 0 aliphatic carbocycles. The summed E-state index contributed by atoms with van der Waals surface area (Å²) >= 11 is 2.20. The molecule has 0 radical (unpaired) electrons. The van der Waals surface area contributed by atoms with E-state index in [9.17, 15) is 4.79 Å². The van der Waals surface area contributed by atoms with E-state index in [1.807, 2.05) is 45.4 Å². The van der Waals surface area contributed by atoms with Gasteiger partial charge in [-0.05, 0) is 61.8 Å². The zero-order valence-corrected chi connectivity index (χ0v) is 12.8. The third kappa shape index (κ3) is 4.63. The zero-order valence-electron chi connectivity index (χ0n) is 10.6. The Hall–Kier alpha value is -0.620. The van der Waals surface area contributed by atoms with E-state index in [4.69, 9.17) is 0 Å². The lowest BCUT2D eigenvalue weighted by Gasteiger charge is -2.19. The minimum absolute atomic E-state index is 0.105. The van der Waals surface area contributed by atoms with Crippen molar-refractivity contribution in [1.82, 2.24) is 9.80 Å². The van der Waals surface area contributed by atoms with Gasteiger partial charge in [0.25, 0.3) is 5.91 Å². The molecule has 0 heterocycles. The van der Waals surface area contributed by atoms with E-state index in [1.165, 1.54) is 0 Å². The molecule has 1 aromatic rings. The van der Waals surface area contributed by atoms with Crippen LogP contribution < -0.4 is 0 Å². The number of carbonyl (C=O) groups excluding carboxylic acids is 1. The Morgan fingerprint density at radius 2 is 1.82 bits per heavy atom. The summed E-state index contributed by atoms with van der Waals surface area (Å²) in [5.41, 5.74) is 0.792. The molecule has 0 saturated carbocycles. The molecule has 1 rings (SSSR count). The fourth-order valence-corrected chi connectivity index (χ4v) is 2.18. The molecule has 0 atom stereocenters. The van der Waals surface area contributed by atoms with Crippen molar-refractivity contribution >= 4 is 28.5 Å². The zero-order chi connectivity index (χ0) is 12.8. The third-order valence-corrected chi connectivity index (χ3v) is 3.49. The van der Waals surface area contributed by atoms with Crippen molar-refractivity contribution in [2.45, 2.75) is 6.42 Å². The van der Waals surface area contributed by atoms with Gasteiger partial charge in [0, 0.05) is 17.2 Å². The van der Waals surface area contributed by atoms with E-state index in [0.717, 1.165) is 28.6 Å². The molecule has 0 fully saturated rings. The molecule has 3 nitrogen and oxygen atoms in total. The number of carbonyl (C=O) groups is 1. The second-order valence-electron chi connectivity index (χ2n) is 4.36. The van der Waals surface area contributed by atoms with Crippen LogP contribution in [0.1, 0.15) is 16.8 Å². The van der Waals surface area contributed by atoms with Crippen LogP contribution in [0.3, 0.4) is 0 Å². The van der Waals surface area contributed by atoms with Crippen molar-refractivity contribution in [1.29, 1.82) is 0 Å². The molecule has 94 valence electrons. The summed E-state index contributed by atoms with van der Waals surface area (Å²) < 4.78 is 1.01. The van der Waals surface area contributed by atoms with Gasteiger partial charge < -0.3 is 9.80 Å². The normalized spacial score (nSPS) is 10.6. The van der Waals surface area contributed by atoms with Gasteiger partial charge in [0.1, 0.15) is 0 Å². The van der Waals surface area contributed by atoms with Gasteiger partial charge in [0.05, 0.1) is 5.56 Å². The Morgan fingerprint density at radius 3 is 2.41 bits per heavy atom. The topological polar surface area (TPSA) is 23.6 Å². The second-order valence-corrected chi connectivity index (χ2v) is 5.53. The van der Waals surface area contributed by atoms with Crippen LogP contribution in [-0.4, -0.2) is 49.9 Å². The van der Waals surface area contributed by atoms with Crippen LogP contribution in [0.4, 0.5) is 0 Å². The van der Waals surface area contributed by atoms with Crippen LogP contribution in [0.15, 0.2) is 24.3 Å². The van der Waals surface area contributed by atoms with Gasteiger partial charge >= 0.3 is 0 Å². The highest BCUT2D eigenvalue weighted by Gasteiger charge is 2.13. The average molecular weight is 346 g/mol. The van der Waals surface area contributed by atoms with E-state index in [0.29, 0.717) is 0 Å². The number of benzene rings is 1. The minimum atomic E-state index is 0.105. The predicted octanol–water partition coefficient (Wildman–Crippen LogP) is 2.31. The molecule has 1 aromatic carbocycles. The Morgan fingerprint density at radius 1 is 1.18 bits per heavy atom. The van der Waals surface area contributed by atoms with Crippen LogP contribution >= 0.6 is 22.6 Å². The van der Waals surface area contributed by atoms with E-state index in [1.54, 1.807) is 4.90 Å². The standard InChI is InChI=1S/C13H19IN2O/c1-15(2)9-6-10-16(3)13(17)11-7-4-5-8-12(11)14/h4-5,7-8H,6,9-10H2,1-3H3. The van der Waals surface area contributed by atoms with Gasteiger partial charge in [-0.15, -0.1) is 0 Å². The van der Waals surface area contributed by atoms with E-state index < -0.39 is 0 Å². The maximum absolute atomic E-state index is 12.1. The highest BCUT2D eigenvalue weighted by Crippen LogP contribution is 2.13. The number of hydrogen-bond donors (Lipinski definition) is 0. The summed E-state index contributed by atoms with van der Waals surface area (Å²) in [7, 11) is 5.95. The average Bonchev–Trinajstić information content (AvgIpc) is 2.28. The first-order chi connectivity index (χ1) is 8.02. The summed E-state index contributed by atoms with van der Waals surface area (Å²) in [5.74, 6) is 0.105. The van der Waals surface area contributed by atoms with Crippen molar-refractivity contribution in [2.24, 2.45) is 0 Å². The molecular formula is C13H19IN2O. The van der Waals surface area contributed by atoms with Crippen molar-refractivity contribution in [3.8, 4) is 0 Å². The van der Waals surface area contributed by atoms with Crippen molar-refractivity contribution < 1.29 is 4.79 Å². The molecule has 0 saturated heterocycles. The summed E-state index contributed by atoms with van der Waals surface area (Å²) in [6.45, 7) is 1.80. The summed E-state index contributed by atoms with van der Waals surface area (Å²) in [5, 5.41) is 0. The first kappa shape index (κ1) is 14.4. The molecule has 17 heavy (non-hydrogen) atoms. The second kappa shape index (κ2) is 6.96. The molecule has 0 aliphatic rings. The maximum atomic E-state index is 12.1. The van der Waals surface area contributed by atoms with Crippen LogP contribution in [0.5, 0.6) is 0 Å². The van der Waals surface area contributed by atoms with E-state index in [-0.39, 0.29) is 5.91 Å². The van der Waals surface area contributed by atoms with Crippen LogP contribution in [0, 0.1) is 3.57 Å². The molecule has 1 amide bonds. The quantitative estimate of drug-likeness (QED) is 0.764.